The molecule has 33 heavy (non-hydrogen) atoms. The minimum Gasteiger partial charge on any atom is -0.350 e. The number of benzene rings is 3. The molecule has 0 saturated carbocycles. The van der Waals surface area contributed by atoms with Gasteiger partial charge in [-0.05, 0) is 60.1 Å². The molecule has 1 aliphatic rings. The lowest BCUT2D eigenvalue weighted by Gasteiger charge is -2.33. The van der Waals surface area contributed by atoms with Gasteiger partial charge in [0.05, 0.1) is 0 Å². The van der Waals surface area contributed by atoms with Gasteiger partial charge in [0.15, 0.2) is 0 Å². The number of rotatable bonds is 5. The first-order chi connectivity index (χ1) is 15.9. The molecule has 0 saturated heterocycles. The number of hydrogen-bond acceptors (Lipinski definition) is 5. The summed E-state index contributed by atoms with van der Waals surface area (Å²) in [6, 6.07) is 21.0. The zero-order chi connectivity index (χ0) is 23.1. The van der Waals surface area contributed by atoms with Crippen molar-refractivity contribution < 1.29 is 0 Å². The van der Waals surface area contributed by atoms with Crippen LogP contribution in [0.4, 0.5) is 22.7 Å². The Morgan fingerprint density at radius 2 is 1.45 bits per heavy atom. The summed E-state index contributed by atoms with van der Waals surface area (Å²) in [5.74, 6) is 0.130. The van der Waals surface area contributed by atoms with E-state index in [-0.39, 0.29) is 17.3 Å². The molecule has 4 aromatic carbocycles. The number of fused-ring (bicyclic) bond motifs is 1. The molecule has 1 unspecified atom stereocenters. The number of halogens is 2. The lowest BCUT2D eigenvalue weighted by molar-refractivity contribution is 0.295. The third kappa shape index (κ3) is 4.15. The first kappa shape index (κ1) is 21.7. The van der Waals surface area contributed by atoms with Crippen molar-refractivity contribution in [3.63, 3.8) is 0 Å². The number of hydrogen-bond donors (Lipinski definition) is 2. The van der Waals surface area contributed by atoms with E-state index in [1.54, 1.807) is 6.07 Å². The van der Waals surface area contributed by atoms with Crippen molar-refractivity contribution in [2.24, 2.45) is 0 Å². The van der Waals surface area contributed by atoms with Gasteiger partial charge < -0.3 is 15.5 Å². The SMILES string of the molecule is CN1Cc2c(Cl)cc(Cl)cc2C(c2ccc(Nc3c(Nc4ccccc4)c(=O)c3=O)cc2)C1. The van der Waals surface area contributed by atoms with E-state index in [4.69, 9.17) is 23.2 Å². The molecule has 5 rings (SSSR count). The van der Waals surface area contributed by atoms with Gasteiger partial charge in [-0.1, -0.05) is 53.5 Å². The van der Waals surface area contributed by atoms with E-state index in [1.807, 2.05) is 60.7 Å². The van der Waals surface area contributed by atoms with Crippen molar-refractivity contribution in [2.75, 3.05) is 24.2 Å². The highest BCUT2D eigenvalue weighted by Crippen LogP contribution is 2.38. The molecule has 166 valence electrons. The summed E-state index contributed by atoms with van der Waals surface area (Å²) in [6.07, 6.45) is 0. The molecule has 0 amide bonds. The first-order valence-electron chi connectivity index (χ1n) is 10.6. The first-order valence-corrected chi connectivity index (χ1v) is 11.3. The Balaban J connectivity index is 1.40. The molecule has 1 aliphatic heterocycles. The van der Waals surface area contributed by atoms with Crippen LogP contribution in [-0.2, 0) is 6.54 Å². The van der Waals surface area contributed by atoms with Crippen LogP contribution in [0.5, 0.6) is 0 Å². The fourth-order valence-electron chi connectivity index (χ4n) is 4.37. The summed E-state index contributed by atoms with van der Waals surface area (Å²) >= 11 is 12.8. The molecular weight excluding hydrogens is 457 g/mol. The lowest BCUT2D eigenvalue weighted by Crippen LogP contribution is -2.35. The van der Waals surface area contributed by atoms with E-state index >= 15 is 0 Å². The molecule has 7 heteroatoms. The molecule has 1 atom stereocenters. The predicted octanol–water partition coefficient (Wildman–Crippen LogP) is 5.65. The Morgan fingerprint density at radius 1 is 0.848 bits per heavy atom. The van der Waals surface area contributed by atoms with Crippen LogP contribution in [0, 0.1) is 0 Å². The van der Waals surface area contributed by atoms with Gasteiger partial charge in [0.2, 0.25) is 0 Å². The van der Waals surface area contributed by atoms with Crippen molar-refractivity contribution >= 4 is 46.0 Å². The molecule has 0 aromatic heterocycles. The molecule has 5 nitrogen and oxygen atoms in total. The second-order valence-electron chi connectivity index (χ2n) is 8.35. The van der Waals surface area contributed by atoms with E-state index in [0.717, 1.165) is 41.2 Å². The predicted molar refractivity (Wildman–Crippen MR) is 135 cm³/mol. The average molecular weight is 478 g/mol. The molecule has 1 heterocycles. The van der Waals surface area contributed by atoms with Crippen LogP contribution < -0.4 is 21.5 Å². The van der Waals surface area contributed by atoms with Gasteiger partial charge in [0, 0.05) is 40.4 Å². The van der Waals surface area contributed by atoms with Crippen LogP contribution in [-0.4, -0.2) is 18.5 Å². The zero-order valence-corrected chi connectivity index (χ0v) is 19.4. The van der Waals surface area contributed by atoms with Gasteiger partial charge in [-0.3, -0.25) is 9.59 Å². The van der Waals surface area contributed by atoms with E-state index < -0.39 is 10.9 Å². The minimum absolute atomic E-state index is 0.130. The van der Waals surface area contributed by atoms with Crippen LogP contribution in [0.2, 0.25) is 10.0 Å². The smallest absolute Gasteiger partial charge is 0.253 e. The Labute approximate surface area is 201 Å². The van der Waals surface area contributed by atoms with E-state index in [9.17, 15) is 9.59 Å². The molecule has 4 aromatic rings. The topological polar surface area (TPSA) is 61.4 Å². The number of anilines is 4. The fourth-order valence-corrected chi connectivity index (χ4v) is 4.94. The largest absolute Gasteiger partial charge is 0.350 e. The lowest BCUT2D eigenvalue weighted by atomic mass is 9.84. The maximum atomic E-state index is 12.2. The van der Waals surface area contributed by atoms with Gasteiger partial charge in [-0.25, -0.2) is 0 Å². The second kappa shape index (κ2) is 8.67. The highest BCUT2D eigenvalue weighted by atomic mass is 35.5. The van der Waals surface area contributed by atoms with Crippen LogP contribution in [0.3, 0.4) is 0 Å². The van der Waals surface area contributed by atoms with Crippen LogP contribution in [0.1, 0.15) is 22.6 Å². The maximum absolute atomic E-state index is 12.2. The minimum atomic E-state index is -0.523. The van der Waals surface area contributed by atoms with Crippen LogP contribution in [0.15, 0.2) is 76.3 Å². The summed E-state index contributed by atoms with van der Waals surface area (Å²) in [4.78, 5) is 26.5. The average Bonchev–Trinajstić information content (AvgIpc) is 2.82. The van der Waals surface area contributed by atoms with Crippen molar-refractivity contribution in [1.82, 2.24) is 4.90 Å². The van der Waals surface area contributed by atoms with Gasteiger partial charge in [0.25, 0.3) is 10.9 Å². The molecule has 0 aliphatic carbocycles. The molecule has 0 radical (unpaired) electrons. The summed E-state index contributed by atoms with van der Waals surface area (Å²) in [5.41, 5.74) is 4.36. The van der Waals surface area contributed by atoms with Gasteiger partial charge in [-0.2, -0.15) is 0 Å². The maximum Gasteiger partial charge on any atom is 0.253 e. The summed E-state index contributed by atoms with van der Waals surface area (Å²) in [5, 5.41) is 7.45. The molecule has 0 spiro atoms. The normalized spacial score (nSPS) is 15.9. The third-order valence-electron chi connectivity index (χ3n) is 6.03. The van der Waals surface area contributed by atoms with E-state index in [0.29, 0.717) is 10.0 Å². The van der Waals surface area contributed by atoms with Crippen molar-refractivity contribution in [3.05, 3.63) is 114 Å². The van der Waals surface area contributed by atoms with E-state index in [1.165, 1.54) is 0 Å². The van der Waals surface area contributed by atoms with Crippen molar-refractivity contribution in [1.29, 1.82) is 0 Å². The molecule has 0 bridgehead atoms. The molecule has 2 N–H and O–H groups in total. The van der Waals surface area contributed by atoms with E-state index in [2.05, 4.69) is 22.6 Å². The van der Waals surface area contributed by atoms with Gasteiger partial charge in [-0.15, -0.1) is 0 Å². The van der Waals surface area contributed by atoms with Crippen LogP contribution >= 0.6 is 23.2 Å². The van der Waals surface area contributed by atoms with Crippen LogP contribution in [0.25, 0.3) is 0 Å². The Bertz CT molecular complexity index is 1390. The van der Waals surface area contributed by atoms with Gasteiger partial charge in [0.1, 0.15) is 11.4 Å². The Morgan fingerprint density at radius 3 is 2.09 bits per heavy atom. The third-order valence-corrected chi connectivity index (χ3v) is 6.58. The number of nitrogens with one attached hydrogen (secondary N) is 2. The summed E-state index contributed by atoms with van der Waals surface area (Å²) in [6.45, 7) is 1.63. The fraction of sp³-hybridized carbons (Fsp3) is 0.154. The van der Waals surface area contributed by atoms with Crippen molar-refractivity contribution in [2.45, 2.75) is 12.5 Å². The highest BCUT2D eigenvalue weighted by molar-refractivity contribution is 6.35. The Kier molecular flexibility index (Phi) is 5.71. The molecule has 0 fully saturated rings. The second-order valence-corrected chi connectivity index (χ2v) is 9.19. The Hall–Kier alpha value is -3.12. The quantitative estimate of drug-likeness (QED) is 0.363. The number of likely N-dealkylation sites (N-methyl/N-ethyl adjacent to an activating group) is 1. The summed E-state index contributed by atoms with van der Waals surface area (Å²) < 4.78 is 0. The number of para-hydroxylation sites is 1. The number of nitrogens with zero attached hydrogens (tertiary/aromatic N) is 1. The molecular formula is C26H21Cl2N3O2. The standard InChI is InChI=1S/C26H21Cl2N3O2/c1-31-13-20(19-11-16(27)12-22(28)21(19)14-31)15-7-9-18(10-8-15)30-24-23(25(32)26(24)33)29-17-5-3-2-4-6-17/h2-12,20,29-30H,13-14H2,1H3. The zero-order valence-electron chi connectivity index (χ0n) is 17.9. The highest BCUT2D eigenvalue weighted by Gasteiger charge is 2.27. The van der Waals surface area contributed by atoms with Crippen molar-refractivity contribution in [3.8, 4) is 0 Å². The summed E-state index contributed by atoms with van der Waals surface area (Å²) in [7, 11) is 2.07. The monoisotopic (exact) mass is 477 g/mol. The van der Waals surface area contributed by atoms with Gasteiger partial charge >= 0.3 is 0 Å².